The number of hydrogen-bond acceptors (Lipinski definition) is 4. The number of rotatable bonds is 5. The minimum atomic E-state index is -3.55. The first-order valence-electron chi connectivity index (χ1n) is 8.94. The van der Waals surface area contributed by atoms with Crippen LogP contribution in [0.5, 0.6) is 0 Å². The minimum absolute atomic E-state index is 0.143. The molecule has 0 saturated carbocycles. The average Bonchev–Trinajstić information content (AvgIpc) is 2.69. The van der Waals surface area contributed by atoms with Crippen LogP contribution >= 0.6 is 0 Å². The van der Waals surface area contributed by atoms with Crippen LogP contribution in [0.15, 0.2) is 53.4 Å². The summed E-state index contributed by atoms with van der Waals surface area (Å²) >= 11 is 0. The van der Waals surface area contributed by atoms with E-state index in [1.807, 2.05) is 38.1 Å². The third kappa shape index (κ3) is 4.37. The molecule has 6 nitrogen and oxygen atoms in total. The molecule has 144 valence electrons. The summed E-state index contributed by atoms with van der Waals surface area (Å²) in [6, 6.07) is 13.8. The fourth-order valence-corrected chi connectivity index (χ4v) is 4.55. The van der Waals surface area contributed by atoms with Gasteiger partial charge >= 0.3 is 0 Å². The largest absolute Gasteiger partial charge is 0.379 e. The Bertz CT molecular complexity index is 904. The summed E-state index contributed by atoms with van der Waals surface area (Å²) in [5.41, 5.74) is 2.59. The van der Waals surface area contributed by atoms with Gasteiger partial charge in [0.1, 0.15) is 0 Å². The van der Waals surface area contributed by atoms with Gasteiger partial charge in [0.15, 0.2) is 0 Å². The second-order valence-corrected chi connectivity index (χ2v) is 8.53. The number of carbonyl (C=O) groups is 1. The smallest absolute Gasteiger partial charge is 0.251 e. The Morgan fingerprint density at radius 1 is 1.07 bits per heavy atom. The van der Waals surface area contributed by atoms with Crippen LogP contribution in [0.1, 0.15) is 34.5 Å². The van der Waals surface area contributed by atoms with Gasteiger partial charge < -0.3 is 10.1 Å². The van der Waals surface area contributed by atoms with E-state index < -0.39 is 10.0 Å². The molecule has 1 fully saturated rings. The summed E-state index contributed by atoms with van der Waals surface area (Å²) in [6.07, 6.45) is 0. The van der Waals surface area contributed by atoms with E-state index in [4.69, 9.17) is 4.74 Å². The summed E-state index contributed by atoms with van der Waals surface area (Å²) in [5.74, 6) is -0.235. The molecule has 0 spiro atoms. The number of amides is 1. The van der Waals surface area contributed by atoms with E-state index in [0.29, 0.717) is 31.9 Å². The first kappa shape index (κ1) is 19.5. The first-order chi connectivity index (χ1) is 12.9. The Balaban J connectivity index is 1.71. The lowest BCUT2D eigenvalue weighted by molar-refractivity contribution is 0.0730. The molecule has 1 atom stereocenters. The van der Waals surface area contributed by atoms with Crippen molar-refractivity contribution >= 4 is 15.9 Å². The Hall–Kier alpha value is -2.22. The van der Waals surface area contributed by atoms with Crippen molar-refractivity contribution in [1.82, 2.24) is 9.62 Å². The summed E-state index contributed by atoms with van der Waals surface area (Å²) < 4.78 is 31.9. The minimum Gasteiger partial charge on any atom is -0.379 e. The van der Waals surface area contributed by atoms with E-state index in [2.05, 4.69) is 5.32 Å². The average molecular weight is 388 g/mol. The maximum absolute atomic E-state index is 12.6. The van der Waals surface area contributed by atoms with Crippen LogP contribution in [0.25, 0.3) is 0 Å². The Labute approximate surface area is 160 Å². The highest BCUT2D eigenvalue weighted by atomic mass is 32.2. The van der Waals surface area contributed by atoms with Crippen molar-refractivity contribution < 1.29 is 17.9 Å². The van der Waals surface area contributed by atoms with Gasteiger partial charge in [-0.2, -0.15) is 4.31 Å². The number of benzene rings is 2. The number of sulfonamides is 1. The molecule has 0 aliphatic carbocycles. The molecule has 27 heavy (non-hydrogen) atoms. The van der Waals surface area contributed by atoms with Gasteiger partial charge in [0.2, 0.25) is 10.0 Å². The van der Waals surface area contributed by atoms with Crippen LogP contribution in [0, 0.1) is 6.92 Å². The van der Waals surface area contributed by atoms with Crippen molar-refractivity contribution in [2.24, 2.45) is 0 Å². The van der Waals surface area contributed by atoms with Crippen molar-refractivity contribution in [3.05, 3.63) is 65.2 Å². The Morgan fingerprint density at radius 3 is 2.33 bits per heavy atom. The summed E-state index contributed by atoms with van der Waals surface area (Å²) in [7, 11) is -3.55. The molecule has 1 heterocycles. The third-order valence-electron chi connectivity index (χ3n) is 4.73. The van der Waals surface area contributed by atoms with E-state index in [0.717, 1.165) is 11.1 Å². The molecule has 0 radical (unpaired) electrons. The van der Waals surface area contributed by atoms with Crippen molar-refractivity contribution in [1.29, 1.82) is 0 Å². The van der Waals surface area contributed by atoms with Crippen LogP contribution in [0.3, 0.4) is 0 Å². The molecule has 3 rings (SSSR count). The van der Waals surface area contributed by atoms with E-state index in [-0.39, 0.29) is 16.8 Å². The lowest BCUT2D eigenvalue weighted by atomic mass is 10.0. The normalized spacial score (nSPS) is 16.7. The van der Waals surface area contributed by atoms with Crippen molar-refractivity contribution in [3.8, 4) is 0 Å². The zero-order chi connectivity index (χ0) is 19.4. The van der Waals surface area contributed by atoms with Gasteiger partial charge in [-0.1, -0.05) is 24.3 Å². The van der Waals surface area contributed by atoms with Crippen LogP contribution in [0.4, 0.5) is 0 Å². The van der Waals surface area contributed by atoms with Crippen molar-refractivity contribution in [2.45, 2.75) is 24.8 Å². The monoisotopic (exact) mass is 388 g/mol. The van der Waals surface area contributed by atoms with Crippen molar-refractivity contribution in [3.63, 3.8) is 0 Å². The molecule has 0 aromatic heterocycles. The molecule has 2 aromatic carbocycles. The van der Waals surface area contributed by atoms with Gasteiger partial charge in [-0.3, -0.25) is 4.79 Å². The molecule has 1 amide bonds. The topological polar surface area (TPSA) is 75.7 Å². The Kier molecular flexibility index (Phi) is 5.94. The predicted molar refractivity (Wildman–Crippen MR) is 103 cm³/mol. The molecule has 1 saturated heterocycles. The van der Waals surface area contributed by atoms with Crippen LogP contribution in [-0.4, -0.2) is 44.9 Å². The molecule has 1 N–H and O–H groups in total. The number of carbonyl (C=O) groups excluding carboxylic acids is 1. The highest BCUT2D eigenvalue weighted by molar-refractivity contribution is 7.89. The van der Waals surface area contributed by atoms with E-state index in [9.17, 15) is 13.2 Å². The molecule has 1 aliphatic rings. The third-order valence-corrected chi connectivity index (χ3v) is 6.64. The van der Waals surface area contributed by atoms with Crippen LogP contribution in [0.2, 0.25) is 0 Å². The van der Waals surface area contributed by atoms with E-state index in [1.54, 1.807) is 12.1 Å². The first-order valence-corrected chi connectivity index (χ1v) is 10.4. The lowest BCUT2D eigenvalue weighted by Crippen LogP contribution is -2.40. The van der Waals surface area contributed by atoms with Gasteiger partial charge in [-0.05, 0) is 49.2 Å². The van der Waals surface area contributed by atoms with Crippen LogP contribution < -0.4 is 5.32 Å². The maximum atomic E-state index is 12.6. The van der Waals surface area contributed by atoms with Gasteiger partial charge in [-0.25, -0.2) is 8.42 Å². The van der Waals surface area contributed by atoms with Crippen molar-refractivity contribution in [2.75, 3.05) is 26.3 Å². The van der Waals surface area contributed by atoms with E-state index in [1.165, 1.54) is 16.4 Å². The molecule has 0 bridgehead atoms. The fourth-order valence-electron chi connectivity index (χ4n) is 3.14. The molecule has 7 heteroatoms. The summed E-state index contributed by atoms with van der Waals surface area (Å²) in [6.45, 7) is 5.42. The molecule has 0 unspecified atom stereocenters. The lowest BCUT2D eigenvalue weighted by Gasteiger charge is -2.26. The number of morpholine rings is 1. The van der Waals surface area contributed by atoms with Crippen LogP contribution in [-0.2, 0) is 14.8 Å². The molecule has 1 aliphatic heterocycles. The molecule has 2 aromatic rings. The van der Waals surface area contributed by atoms with Gasteiger partial charge in [0, 0.05) is 18.7 Å². The number of nitrogens with one attached hydrogen (secondary N) is 1. The maximum Gasteiger partial charge on any atom is 0.251 e. The fraction of sp³-hybridized carbons (Fsp3) is 0.350. The molecular weight excluding hydrogens is 364 g/mol. The quantitative estimate of drug-likeness (QED) is 0.854. The summed E-state index contributed by atoms with van der Waals surface area (Å²) in [4.78, 5) is 12.7. The van der Waals surface area contributed by atoms with Gasteiger partial charge in [0.05, 0.1) is 24.2 Å². The second kappa shape index (κ2) is 8.21. The molecular formula is C20H24N2O4S. The second-order valence-electron chi connectivity index (χ2n) is 6.59. The van der Waals surface area contributed by atoms with Gasteiger partial charge in [-0.15, -0.1) is 0 Å². The van der Waals surface area contributed by atoms with E-state index >= 15 is 0 Å². The predicted octanol–water partition coefficient (Wildman–Crippen LogP) is 2.51. The zero-order valence-electron chi connectivity index (χ0n) is 15.5. The zero-order valence-corrected chi connectivity index (χ0v) is 16.3. The number of nitrogens with zero attached hydrogens (tertiary/aromatic N) is 1. The number of aryl methyl sites for hydroxylation is 1. The summed E-state index contributed by atoms with van der Waals surface area (Å²) in [5, 5.41) is 2.96. The standard InChI is InChI=1S/C20H24N2O4S/c1-15-5-3-4-6-19(15)16(2)21-20(23)17-7-9-18(10-8-17)27(24,25)22-11-13-26-14-12-22/h3-10,16H,11-14H2,1-2H3,(H,21,23)/t16-/m0/s1. The van der Waals surface area contributed by atoms with Gasteiger partial charge in [0.25, 0.3) is 5.91 Å². The highest BCUT2D eigenvalue weighted by Gasteiger charge is 2.26. The SMILES string of the molecule is Cc1ccccc1[C@H](C)NC(=O)c1ccc(S(=O)(=O)N2CCOCC2)cc1. The highest BCUT2D eigenvalue weighted by Crippen LogP contribution is 2.20. The number of hydrogen-bond donors (Lipinski definition) is 1. The number of ether oxygens (including phenoxy) is 1. The Morgan fingerprint density at radius 2 is 1.70 bits per heavy atom.